The second kappa shape index (κ2) is 8.38. The fourth-order valence-electron chi connectivity index (χ4n) is 3.46. The summed E-state index contributed by atoms with van der Waals surface area (Å²) in [7, 11) is 2.94. The summed E-state index contributed by atoms with van der Waals surface area (Å²) < 4.78 is 25.8. The van der Waals surface area contributed by atoms with E-state index in [0.29, 0.717) is 29.5 Å². The Morgan fingerprint density at radius 1 is 1.09 bits per heavy atom. The Hall–Kier alpha value is -4.21. The van der Waals surface area contributed by atoms with Crippen molar-refractivity contribution >= 4 is 34.3 Å². The number of carbonyl (C=O) groups excluding carboxylic acids is 3. The third-order valence-electron chi connectivity index (χ3n) is 5.56. The molecule has 3 amide bonds. The number of nitrogens with two attached hydrogens (primary N) is 1. The molecule has 4 rings (SSSR count). The van der Waals surface area contributed by atoms with Crippen LogP contribution in [0.1, 0.15) is 23.2 Å². The second-order valence-electron chi connectivity index (χ2n) is 7.61. The van der Waals surface area contributed by atoms with Crippen molar-refractivity contribution in [3.05, 3.63) is 54.0 Å². The summed E-state index contributed by atoms with van der Waals surface area (Å²) in [5.41, 5.74) is 5.01. The number of hydrogen-bond donors (Lipinski definition) is 3. The van der Waals surface area contributed by atoms with E-state index in [0.717, 1.165) is 6.07 Å². The van der Waals surface area contributed by atoms with Gasteiger partial charge in [-0.3, -0.25) is 19.4 Å². The molecule has 0 unspecified atom stereocenters. The lowest BCUT2D eigenvalue weighted by Crippen LogP contribution is -2.36. The van der Waals surface area contributed by atoms with E-state index in [1.165, 1.54) is 32.5 Å². The Morgan fingerprint density at radius 2 is 1.85 bits per heavy atom. The van der Waals surface area contributed by atoms with Crippen LogP contribution in [0.2, 0.25) is 0 Å². The summed E-state index contributed by atoms with van der Waals surface area (Å²) in [5, 5.41) is 5.54. The first kappa shape index (κ1) is 22.0. The molecule has 1 fully saturated rings. The van der Waals surface area contributed by atoms with Gasteiger partial charge in [0.15, 0.2) is 11.6 Å². The van der Waals surface area contributed by atoms with Gasteiger partial charge in [0.05, 0.1) is 18.2 Å². The highest BCUT2D eigenvalue weighted by Crippen LogP contribution is 2.46. The monoisotopic (exact) mass is 452 g/mol. The van der Waals surface area contributed by atoms with Crippen molar-refractivity contribution in [2.45, 2.75) is 12.8 Å². The molecule has 0 bridgehead atoms. The van der Waals surface area contributed by atoms with Gasteiger partial charge in [-0.25, -0.2) is 4.39 Å². The first-order chi connectivity index (χ1) is 15.8. The molecule has 9 nitrogen and oxygen atoms in total. The first-order valence-corrected chi connectivity index (χ1v) is 10.1. The summed E-state index contributed by atoms with van der Waals surface area (Å²) in [5.74, 6) is -1.84. The Bertz CT molecular complexity index is 1290. The number of fused-ring (bicyclic) bond motifs is 1. The van der Waals surface area contributed by atoms with E-state index in [1.807, 2.05) is 0 Å². The van der Waals surface area contributed by atoms with Gasteiger partial charge in [0.1, 0.15) is 16.9 Å². The Balaban J connectivity index is 1.62. The van der Waals surface area contributed by atoms with Crippen molar-refractivity contribution in [2.24, 2.45) is 11.1 Å². The number of anilines is 1. The van der Waals surface area contributed by atoms with E-state index in [-0.39, 0.29) is 28.7 Å². The van der Waals surface area contributed by atoms with E-state index in [9.17, 15) is 18.8 Å². The van der Waals surface area contributed by atoms with Crippen LogP contribution in [0.4, 0.5) is 10.1 Å². The lowest BCUT2D eigenvalue weighted by atomic mass is 10.1. The van der Waals surface area contributed by atoms with E-state index < -0.39 is 23.0 Å². The molecular weight excluding hydrogens is 431 g/mol. The Labute approximate surface area is 188 Å². The van der Waals surface area contributed by atoms with Gasteiger partial charge >= 0.3 is 0 Å². The van der Waals surface area contributed by atoms with Gasteiger partial charge in [-0.05, 0) is 37.1 Å². The van der Waals surface area contributed by atoms with E-state index in [1.54, 1.807) is 18.2 Å². The van der Waals surface area contributed by atoms with Crippen LogP contribution in [-0.4, -0.2) is 36.9 Å². The molecule has 170 valence electrons. The topological polar surface area (TPSA) is 133 Å². The van der Waals surface area contributed by atoms with Crippen LogP contribution in [0.3, 0.4) is 0 Å². The maximum atomic E-state index is 14.8. The average Bonchev–Trinajstić information content (AvgIpc) is 3.62. The van der Waals surface area contributed by atoms with Crippen molar-refractivity contribution in [2.75, 3.05) is 19.5 Å². The maximum absolute atomic E-state index is 14.8. The van der Waals surface area contributed by atoms with Crippen LogP contribution in [0, 0.1) is 11.2 Å². The fourth-order valence-corrected chi connectivity index (χ4v) is 3.46. The first-order valence-electron chi connectivity index (χ1n) is 10.1. The minimum atomic E-state index is -1.22. The number of rotatable bonds is 7. The molecule has 0 radical (unpaired) electrons. The molecule has 3 aromatic rings. The number of nitrogens with one attached hydrogen (secondary N) is 2. The summed E-state index contributed by atoms with van der Waals surface area (Å²) in [6.45, 7) is 0. The maximum Gasteiger partial charge on any atom is 0.254 e. The zero-order valence-electron chi connectivity index (χ0n) is 17.9. The van der Waals surface area contributed by atoms with Gasteiger partial charge in [0.25, 0.3) is 5.91 Å². The fraction of sp³-hybridized carbons (Fsp3) is 0.217. The number of primary amides is 1. The van der Waals surface area contributed by atoms with Crippen molar-refractivity contribution in [1.82, 2.24) is 10.3 Å². The molecule has 1 aromatic heterocycles. The minimum absolute atomic E-state index is 0.103. The molecule has 1 saturated carbocycles. The summed E-state index contributed by atoms with van der Waals surface area (Å²) >= 11 is 0. The van der Waals surface area contributed by atoms with Crippen LogP contribution in [0.25, 0.3) is 10.9 Å². The van der Waals surface area contributed by atoms with E-state index >= 15 is 0 Å². The standard InChI is InChI=1S/C23H21FN4O5/c1-26-20(29)14-10-13-16(11-19(14)32-2)27-8-5-17(13)33-18-4-3-12(9-15(18)24)28-22(31)23(6-7-23)21(25)30/h3-5,8-11H,6-7H2,1-2H3,(H2,25,30)(H,26,29)(H,28,31). The predicted molar refractivity (Wildman–Crippen MR) is 118 cm³/mol. The minimum Gasteiger partial charge on any atom is -0.496 e. The Morgan fingerprint density at radius 3 is 2.45 bits per heavy atom. The number of methoxy groups -OCH3 is 1. The molecule has 33 heavy (non-hydrogen) atoms. The molecule has 4 N–H and O–H groups in total. The molecule has 1 heterocycles. The molecular formula is C23H21FN4O5. The molecule has 0 aliphatic heterocycles. The quantitative estimate of drug-likeness (QED) is 0.472. The smallest absolute Gasteiger partial charge is 0.254 e. The largest absolute Gasteiger partial charge is 0.496 e. The summed E-state index contributed by atoms with van der Waals surface area (Å²) in [4.78, 5) is 40.3. The zero-order valence-corrected chi connectivity index (χ0v) is 17.9. The van der Waals surface area contributed by atoms with Crippen molar-refractivity contribution in [3.8, 4) is 17.2 Å². The highest BCUT2D eigenvalue weighted by Gasteiger charge is 2.55. The lowest BCUT2D eigenvalue weighted by molar-refractivity contribution is -0.132. The van der Waals surface area contributed by atoms with Crippen molar-refractivity contribution in [1.29, 1.82) is 0 Å². The highest BCUT2D eigenvalue weighted by atomic mass is 19.1. The summed E-state index contributed by atoms with van der Waals surface area (Å²) in [6.07, 6.45) is 2.23. The number of hydrogen-bond acceptors (Lipinski definition) is 6. The summed E-state index contributed by atoms with van der Waals surface area (Å²) in [6, 6.07) is 8.59. The van der Waals surface area contributed by atoms with Gasteiger partial charge in [0.2, 0.25) is 11.8 Å². The zero-order chi connectivity index (χ0) is 23.8. The van der Waals surface area contributed by atoms with Gasteiger partial charge in [-0.15, -0.1) is 0 Å². The molecule has 1 aliphatic rings. The van der Waals surface area contributed by atoms with Gasteiger partial charge in [0, 0.05) is 36.5 Å². The molecule has 0 spiro atoms. The van der Waals surface area contributed by atoms with Crippen LogP contribution in [-0.2, 0) is 9.59 Å². The number of aromatic nitrogens is 1. The molecule has 2 aromatic carbocycles. The van der Waals surface area contributed by atoms with Crippen molar-refractivity contribution in [3.63, 3.8) is 0 Å². The molecule has 1 aliphatic carbocycles. The van der Waals surface area contributed by atoms with Crippen LogP contribution in [0.15, 0.2) is 42.6 Å². The number of carbonyl (C=O) groups is 3. The number of ether oxygens (including phenoxy) is 2. The van der Waals surface area contributed by atoms with E-state index in [2.05, 4.69) is 15.6 Å². The number of amides is 3. The van der Waals surface area contributed by atoms with Crippen LogP contribution >= 0.6 is 0 Å². The number of benzene rings is 2. The SMILES string of the molecule is CNC(=O)c1cc2c(Oc3ccc(NC(=O)C4(C(N)=O)CC4)cc3F)ccnc2cc1OC. The second-order valence-corrected chi connectivity index (χ2v) is 7.61. The van der Waals surface area contributed by atoms with Crippen molar-refractivity contribution < 1.29 is 28.2 Å². The van der Waals surface area contributed by atoms with E-state index in [4.69, 9.17) is 15.2 Å². The third-order valence-corrected chi connectivity index (χ3v) is 5.56. The van der Waals surface area contributed by atoms with Crippen LogP contribution < -0.4 is 25.8 Å². The predicted octanol–water partition coefficient (Wildman–Crippen LogP) is 2.74. The van der Waals surface area contributed by atoms with Gasteiger partial charge in [-0.2, -0.15) is 0 Å². The number of halogens is 1. The average molecular weight is 452 g/mol. The lowest BCUT2D eigenvalue weighted by Gasteiger charge is -2.14. The van der Waals surface area contributed by atoms with Gasteiger partial charge in [-0.1, -0.05) is 0 Å². The highest BCUT2D eigenvalue weighted by molar-refractivity contribution is 6.12. The Kier molecular flexibility index (Phi) is 5.59. The third kappa shape index (κ3) is 4.02. The molecule has 10 heteroatoms. The molecule has 0 saturated heterocycles. The van der Waals surface area contributed by atoms with Gasteiger partial charge < -0.3 is 25.8 Å². The normalized spacial score (nSPS) is 13.8. The molecule has 0 atom stereocenters. The number of pyridine rings is 1. The van der Waals surface area contributed by atoms with Crippen LogP contribution in [0.5, 0.6) is 17.2 Å². The number of nitrogens with zero attached hydrogens (tertiary/aromatic N) is 1.